The lowest BCUT2D eigenvalue weighted by Gasteiger charge is -2.32. The SMILES string of the molecule is Cl.Cl.NCC(=O)NC1CCN(CCOc2ccc(Cl)cc2)CC1. The quantitative estimate of drug-likeness (QED) is 0.788. The highest BCUT2D eigenvalue weighted by atomic mass is 35.5. The van der Waals surface area contributed by atoms with Gasteiger partial charge in [0.25, 0.3) is 0 Å². The zero-order valence-corrected chi connectivity index (χ0v) is 15.3. The number of nitrogens with zero attached hydrogens (tertiary/aromatic N) is 1. The monoisotopic (exact) mass is 383 g/mol. The average Bonchev–Trinajstić information content (AvgIpc) is 2.51. The summed E-state index contributed by atoms with van der Waals surface area (Å²) in [6, 6.07) is 7.65. The van der Waals surface area contributed by atoms with Gasteiger partial charge in [-0.2, -0.15) is 0 Å². The Labute approximate surface area is 154 Å². The van der Waals surface area contributed by atoms with E-state index >= 15 is 0 Å². The third-order valence-corrected chi connectivity index (χ3v) is 3.88. The number of likely N-dealkylation sites (tertiary alicyclic amines) is 1. The number of benzene rings is 1. The predicted octanol–water partition coefficient (Wildman–Crippen LogP) is 2.10. The second-order valence-corrected chi connectivity index (χ2v) is 5.63. The van der Waals surface area contributed by atoms with Gasteiger partial charge in [-0.15, -0.1) is 24.8 Å². The first-order valence-electron chi connectivity index (χ1n) is 7.27. The molecule has 8 heteroatoms. The lowest BCUT2D eigenvalue weighted by atomic mass is 10.1. The van der Waals surface area contributed by atoms with E-state index in [0.29, 0.717) is 11.6 Å². The van der Waals surface area contributed by atoms with Crippen LogP contribution in [-0.2, 0) is 4.79 Å². The predicted molar refractivity (Wildman–Crippen MR) is 98.1 cm³/mol. The minimum absolute atomic E-state index is 0. The molecule has 3 N–H and O–H groups in total. The number of piperidine rings is 1. The van der Waals surface area contributed by atoms with E-state index < -0.39 is 0 Å². The highest BCUT2D eigenvalue weighted by molar-refractivity contribution is 6.30. The first kappa shape index (κ1) is 22.3. The Morgan fingerprint density at radius 1 is 1.26 bits per heavy atom. The lowest BCUT2D eigenvalue weighted by Crippen LogP contribution is -2.46. The first-order chi connectivity index (χ1) is 10.2. The van der Waals surface area contributed by atoms with E-state index in [2.05, 4.69) is 10.2 Å². The van der Waals surface area contributed by atoms with Gasteiger partial charge in [0, 0.05) is 30.7 Å². The van der Waals surface area contributed by atoms with Crippen molar-refractivity contribution in [3.8, 4) is 5.75 Å². The number of hydrogen-bond donors (Lipinski definition) is 2. The average molecular weight is 385 g/mol. The normalized spacial score (nSPS) is 15.2. The molecule has 1 amide bonds. The highest BCUT2D eigenvalue weighted by Gasteiger charge is 2.19. The minimum Gasteiger partial charge on any atom is -0.492 e. The summed E-state index contributed by atoms with van der Waals surface area (Å²) < 4.78 is 5.69. The van der Waals surface area contributed by atoms with Crippen molar-refractivity contribution in [2.45, 2.75) is 18.9 Å². The molecule has 1 fully saturated rings. The van der Waals surface area contributed by atoms with Gasteiger partial charge >= 0.3 is 0 Å². The molecule has 0 aromatic heterocycles. The van der Waals surface area contributed by atoms with Crippen molar-refractivity contribution in [2.24, 2.45) is 5.73 Å². The lowest BCUT2D eigenvalue weighted by molar-refractivity contribution is -0.120. The Kier molecular flexibility index (Phi) is 11.4. The van der Waals surface area contributed by atoms with Crippen molar-refractivity contribution in [1.29, 1.82) is 0 Å². The fourth-order valence-electron chi connectivity index (χ4n) is 2.41. The fraction of sp³-hybridized carbons (Fsp3) is 0.533. The fourth-order valence-corrected chi connectivity index (χ4v) is 2.54. The zero-order valence-electron chi connectivity index (χ0n) is 12.9. The van der Waals surface area contributed by atoms with Crippen molar-refractivity contribution >= 4 is 42.3 Å². The van der Waals surface area contributed by atoms with Crippen LogP contribution in [0.15, 0.2) is 24.3 Å². The second kappa shape index (κ2) is 11.8. The summed E-state index contributed by atoms with van der Waals surface area (Å²) >= 11 is 5.83. The van der Waals surface area contributed by atoms with E-state index in [9.17, 15) is 4.79 Å². The molecule has 1 heterocycles. The number of nitrogens with two attached hydrogens (primary N) is 1. The number of amides is 1. The van der Waals surface area contributed by atoms with Crippen molar-refractivity contribution in [2.75, 3.05) is 32.8 Å². The number of ether oxygens (including phenoxy) is 1. The summed E-state index contributed by atoms with van der Waals surface area (Å²) in [5.41, 5.74) is 5.30. The Bertz CT molecular complexity index is 452. The van der Waals surface area contributed by atoms with Crippen LogP contribution in [0.5, 0.6) is 5.75 Å². The Morgan fingerprint density at radius 2 is 1.87 bits per heavy atom. The maximum absolute atomic E-state index is 11.2. The van der Waals surface area contributed by atoms with Crippen LogP contribution >= 0.6 is 36.4 Å². The molecule has 1 aromatic rings. The van der Waals surface area contributed by atoms with Crippen molar-refractivity contribution < 1.29 is 9.53 Å². The van der Waals surface area contributed by atoms with Crippen LogP contribution in [0.4, 0.5) is 0 Å². The molecule has 0 bridgehead atoms. The summed E-state index contributed by atoms with van der Waals surface area (Å²) in [6.45, 7) is 3.55. The Hall–Kier alpha value is -0.720. The third-order valence-electron chi connectivity index (χ3n) is 3.63. The van der Waals surface area contributed by atoms with E-state index in [-0.39, 0.29) is 43.3 Å². The first-order valence-corrected chi connectivity index (χ1v) is 7.65. The molecule has 23 heavy (non-hydrogen) atoms. The van der Waals surface area contributed by atoms with Crippen molar-refractivity contribution in [3.63, 3.8) is 0 Å². The summed E-state index contributed by atoms with van der Waals surface area (Å²) in [7, 11) is 0. The topological polar surface area (TPSA) is 67.6 Å². The van der Waals surface area contributed by atoms with Crippen LogP contribution in [0.1, 0.15) is 12.8 Å². The smallest absolute Gasteiger partial charge is 0.233 e. The molecule has 2 rings (SSSR count). The Morgan fingerprint density at radius 3 is 2.43 bits per heavy atom. The number of carbonyl (C=O) groups is 1. The molecule has 1 saturated heterocycles. The molecule has 0 radical (unpaired) electrons. The van der Waals surface area contributed by atoms with Crippen LogP contribution in [-0.4, -0.2) is 49.6 Å². The standard InChI is InChI=1S/C15H22ClN3O2.2ClH/c16-12-1-3-14(4-2-12)21-10-9-19-7-5-13(6-8-19)18-15(20)11-17;;/h1-4,13H,5-11,17H2,(H,18,20);2*1H. The molecule has 0 aliphatic carbocycles. The van der Waals surface area contributed by atoms with E-state index in [0.717, 1.165) is 38.2 Å². The molecule has 1 aromatic carbocycles. The minimum atomic E-state index is -0.0699. The molecule has 0 saturated carbocycles. The van der Waals surface area contributed by atoms with Crippen LogP contribution in [0, 0.1) is 0 Å². The second-order valence-electron chi connectivity index (χ2n) is 5.19. The summed E-state index contributed by atoms with van der Waals surface area (Å²) in [6.07, 6.45) is 1.93. The van der Waals surface area contributed by atoms with Gasteiger partial charge in [0.15, 0.2) is 0 Å². The molecule has 0 spiro atoms. The van der Waals surface area contributed by atoms with Gasteiger partial charge in [-0.1, -0.05) is 11.6 Å². The molecule has 5 nitrogen and oxygen atoms in total. The van der Waals surface area contributed by atoms with Gasteiger partial charge < -0.3 is 15.8 Å². The molecule has 1 aliphatic heterocycles. The van der Waals surface area contributed by atoms with Gasteiger partial charge in [0.2, 0.25) is 5.91 Å². The van der Waals surface area contributed by atoms with E-state index in [4.69, 9.17) is 22.1 Å². The van der Waals surface area contributed by atoms with Crippen LogP contribution in [0.25, 0.3) is 0 Å². The summed E-state index contributed by atoms with van der Waals surface area (Å²) in [4.78, 5) is 13.6. The van der Waals surface area contributed by atoms with Crippen molar-refractivity contribution in [1.82, 2.24) is 10.2 Å². The van der Waals surface area contributed by atoms with Crippen LogP contribution < -0.4 is 15.8 Å². The molecule has 0 unspecified atom stereocenters. The largest absolute Gasteiger partial charge is 0.492 e. The Balaban J connectivity index is 0.00000242. The third kappa shape index (κ3) is 8.08. The van der Waals surface area contributed by atoms with Gasteiger partial charge in [-0.3, -0.25) is 9.69 Å². The summed E-state index contributed by atoms with van der Waals surface area (Å²) in [5.74, 6) is 0.768. The maximum atomic E-state index is 11.2. The zero-order chi connectivity index (χ0) is 15.1. The van der Waals surface area contributed by atoms with Crippen LogP contribution in [0.3, 0.4) is 0 Å². The van der Waals surface area contributed by atoms with Gasteiger partial charge in [-0.05, 0) is 37.1 Å². The molecule has 1 aliphatic rings. The van der Waals surface area contributed by atoms with E-state index in [1.54, 1.807) is 0 Å². The van der Waals surface area contributed by atoms with Gasteiger partial charge in [0.1, 0.15) is 12.4 Å². The number of hydrogen-bond acceptors (Lipinski definition) is 4. The maximum Gasteiger partial charge on any atom is 0.233 e. The van der Waals surface area contributed by atoms with E-state index in [1.165, 1.54) is 0 Å². The van der Waals surface area contributed by atoms with Gasteiger partial charge in [-0.25, -0.2) is 0 Å². The molecule has 0 atom stereocenters. The highest BCUT2D eigenvalue weighted by Crippen LogP contribution is 2.16. The summed E-state index contributed by atoms with van der Waals surface area (Å²) in [5, 5.41) is 3.65. The van der Waals surface area contributed by atoms with Crippen LogP contribution in [0.2, 0.25) is 5.02 Å². The number of rotatable bonds is 6. The number of halogens is 3. The van der Waals surface area contributed by atoms with Gasteiger partial charge in [0.05, 0.1) is 6.54 Å². The van der Waals surface area contributed by atoms with E-state index in [1.807, 2.05) is 24.3 Å². The molecule has 132 valence electrons. The number of nitrogens with one attached hydrogen (secondary N) is 1. The molecular weight excluding hydrogens is 361 g/mol. The van der Waals surface area contributed by atoms with Crippen molar-refractivity contribution in [3.05, 3.63) is 29.3 Å². The number of carbonyl (C=O) groups excluding carboxylic acids is 1. The molecular formula is C15H24Cl3N3O2.